The number of benzene rings is 1. The molecule has 1 unspecified atom stereocenters. The van der Waals surface area contributed by atoms with Gasteiger partial charge in [0, 0.05) is 17.0 Å². The van der Waals surface area contributed by atoms with E-state index < -0.39 is 17.7 Å². The highest BCUT2D eigenvalue weighted by atomic mass is 32.1. The minimum absolute atomic E-state index is 0.142. The molecule has 1 aliphatic heterocycles. The van der Waals surface area contributed by atoms with Crippen molar-refractivity contribution in [2.45, 2.75) is 39.7 Å². The van der Waals surface area contributed by atoms with Gasteiger partial charge in [-0.3, -0.25) is 9.59 Å². The maximum Gasteiger partial charge on any atom is 0.295 e. The van der Waals surface area contributed by atoms with Gasteiger partial charge < -0.3 is 14.7 Å². The highest BCUT2D eigenvalue weighted by Gasteiger charge is 2.46. The van der Waals surface area contributed by atoms with Crippen molar-refractivity contribution in [3.05, 3.63) is 57.3 Å². The Morgan fingerprint density at radius 2 is 1.86 bits per heavy atom. The van der Waals surface area contributed by atoms with Crippen LogP contribution in [0, 0.1) is 6.92 Å². The van der Waals surface area contributed by atoms with Crippen molar-refractivity contribution in [1.29, 1.82) is 0 Å². The zero-order valence-electron chi connectivity index (χ0n) is 16.4. The van der Waals surface area contributed by atoms with E-state index in [0.717, 1.165) is 23.3 Å². The number of thiophene rings is 1. The average Bonchev–Trinajstić information content (AvgIpc) is 3.22. The number of hydrogen-bond acceptors (Lipinski definition) is 5. The Hall–Kier alpha value is -2.60. The number of rotatable bonds is 7. The van der Waals surface area contributed by atoms with Gasteiger partial charge in [0.2, 0.25) is 0 Å². The molecule has 1 amide bonds. The lowest BCUT2D eigenvalue weighted by Crippen LogP contribution is -2.30. The molecule has 148 valence electrons. The van der Waals surface area contributed by atoms with Gasteiger partial charge >= 0.3 is 0 Å². The van der Waals surface area contributed by atoms with Gasteiger partial charge in [0.05, 0.1) is 18.2 Å². The molecule has 1 aliphatic rings. The van der Waals surface area contributed by atoms with E-state index in [2.05, 4.69) is 0 Å². The number of ketones is 1. The Labute approximate surface area is 169 Å². The molecule has 5 nitrogen and oxygen atoms in total. The standard InChI is InChI=1S/C22H25NO4S/c1-4-11-23-18(21-14(3)10-13-28-21)17(20(25)22(23)26)19(24)15-6-8-16(9-7-15)27-12-5-2/h6-10,13,18,24H,4-5,11-12H2,1-3H3/b19-17-. The number of aliphatic hydroxyl groups is 1. The number of aryl methyl sites for hydroxylation is 1. The van der Waals surface area contributed by atoms with E-state index >= 15 is 0 Å². The minimum atomic E-state index is -0.630. The van der Waals surface area contributed by atoms with Gasteiger partial charge in [-0.2, -0.15) is 0 Å². The van der Waals surface area contributed by atoms with Crippen molar-refractivity contribution in [3.8, 4) is 5.75 Å². The molecular weight excluding hydrogens is 374 g/mol. The summed E-state index contributed by atoms with van der Waals surface area (Å²) in [5.41, 5.74) is 1.66. The van der Waals surface area contributed by atoms with E-state index in [4.69, 9.17) is 4.74 Å². The lowest BCUT2D eigenvalue weighted by molar-refractivity contribution is -0.139. The molecule has 0 bridgehead atoms. The van der Waals surface area contributed by atoms with Gasteiger partial charge in [-0.1, -0.05) is 13.8 Å². The van der Waals surface area contributed by atoms with Gasteiger partial charge in [-0.25, -0.2) is 0 Å². The lowest BCUT2D eigenvalue weighted by atomic mass is 9.98. The van der Waals surface area contributed by atoms with E-state index in [-0.39, 0.29) is 11.3 Å². The Kier molecular flexibility index (Phi) is 6.19. The van der Waals surface area contributed by atoms with Gasteiger partial charge in [-0.15, -0.1) is 11.3 Å². The quantitative estimate of drug-likeness (QED) is 0.417. The minimum Gasteiger partial charge on any atom is -0.507 e. The Morgan fingerprint density at radius 1 is 1.14 bits per heavy atom. The summed E-state index contributed by atoms with van der Waals surface area (Å²) < 4.78 is 5.57. The summed E-state index contributed by atoms with van der Waals surface area (Å²) in [6.07, 6.45) is 1.64. The zero-order chi connectivity index (χ0) is 20.3. The summed E-state index contributed by atoms with van der Waals surface area (Å²) in [7, 11) is 0. The Balaban J connectivity index is 2.06. The monoisotopic (exact) mass is 399 g/mol. The highest BCUT2D eigenvalue weighted by Crippen LogP contribution is 2.42. The third-order valence-electron chi connectivity index (χ3n) is 4.76. The highest BCUT2D eigenvalue weighted by molar-refractivity contribution is 7.10. The fourth-order valence-electron chi connectivity index (χ4n) is 3.37. The number of hydrogen-bond donors (Lipinski definition) is 1. The number of amides is 1. The van der Waals surface area contributed by atoms with Gasteiger partial charge in [0.1, 0.15) is 11.5 Å². The number of aliphatic hydroxyl groups excluding tert-OH is 1. The topological polar surface area (TPSA) is 66.8 Å². The van der Waals surface area contributed by atoms with Crippen LogP contribution < -0.4 is 4.74 Å². The first kappa shape index (κ1) is 20.1. The molecular formula is C22H25NO4S. The smallest absolute Gasteiger partial charge is 0.295 e. The molecule has 1 N–H and O–H groups in total. The van der Waals surface area contributed by atoms with Crippen LogP contribution in [-0.2, 0) is 9.59 Å². The van der Waals surface area contributed by atoms with Crippen LogP contribution in [0.5, 0.6) is 5.75 Å². The molecule has 28 heavy (non-hydrogen) atoms. The van der Waals surface area contributed by atoms with Crippen molar-refractivity contribution >= 4 is 28.8 Å². The fourth-order valence-corrected chi connectivity index (χ4v) is 4.42. The predicted molar refractivity (Wildman–Crippen MR) is 111 cm³/mol. The molecule has 2 aromatic rings. The van der Waals surface area contributed by atoms with Crippen molar-refractivity contribution in [2.75, 3.05) is 13.2 Å². The van der Waals surface area contributed by atoms with Crippen molar-refractivity contribution in [2.24, 2.45) is 0 Å². The molecule has 0 radical (unpaired) electrons. The Bertz CT molecular complexity index is 898. The van der Waals surface area contributed by atoms with Gasteiger partial charge in [0.25, 0.3) is 11.7 Å². The van der Waals surface area contributed by atoms with Crippen LogP contribution in [-0.4, -0.2) is 34.8 Å². The van der Waals surface area contributed by atoms with E-state index in [1.54, 1.807) is 29.2 Å². The van der Waals surface area contributed by atoms with E-state index in [1.165, 1.54) is 11.3 Å². The van der Waals surface area contributed by atoms with Crippen LogP contribution in [0.1, 0.15) is 48.7 Å². The summed E-state index contributed by atoms with van der Waals surface area (Å²) in [5.74, 6) is -0.619. The van der Waals surface area contributed by atoms with Gasteiger partial charge in [0.15, 0.2) is 0 Å². The molecule has 1 aromatic heterocycles. The normalized spacial score (nSPS) is 18.7. The van der Waals surface area contributed by atoms with Crippen molar-refractivity contribution in [3.63, 3.8) is 0 Å². The second-order valence-electron chi connectivity index (χ2n) is 6.83. The van der Waals surface area contributed by atoms with Crippen LogP contribution in [0.2, 0.25) is 0 Å². The largest absolute Gasteiger partial charge is 0.507 e. The molecule has 1 atom stereocenters. The molecule has 0 saturated carbocycles. The van der Waals surface area contributed by atoms with E-state index in [9.17, 15) is 14.7 Å². The van der Waals surface area contributed by atoms with Crippen LogP contribution >= 0.6 is 11.3 Å². The van der Waals surface area contributed by atoms with Crippen LogP contribution in [0.25, 0.3) is 5.76 Å². The predicted octanol–water partition coefficient (Wildman–Crippen LogP) is 4.68. The number of carbonyl (C=O) groups is 2. The molecule has 1 fully saturated rings. The lowest BCUT2D eigenvalue weighted by Gasteiger charge is -2.24. The number of carbonyl (C=O) groups excluding carboxylic acids is 2. The first-order valence-corrected chi connectivity index (χ1v) is 10.4. The summed E-state index contributed by atoms with van der Waals surface area (Å²) in [6.45, 7) is 7.03. The summed E-state index contributed by atoms with van der Waals surface area (Å²) >= 11 is 1.50. The fraction of sp³-hybridized carbons (Fsp3) is 0.364. The number of ether oxygens (including phenoxy) is 1. The summed E-state index contributed by atoms with van der Waals surface area (Å²) in [4.78, 5) is 27.9. The SMILES string of the molecule is CCCOc1ccc(/C(O)=C2/C(=O)C(=O)N(CCC)C2c2sccc2C)cc1. The third-order valence-corrected chi connectivity index (χ3v) is 5.83. The average molecular weight is 400 g/mol. The van der Waals surface area contributed by atoms with Crippen molar-refractivity contribution in [1.82, 2.24) is 4.90 Å². The number of likely N-dealkylation sites (tertiary alicyclic amines) is 1. The van der Waals surface area contributed by atoms with Crippen LogP contribution in [0.4, 0.5) is 0 Å². The molecule has 6 heteroatoms. The second-order valence-corrected chi connectivity index (χ2v) is 7.78. The summed E-state index contributed by atoms with van der Waals surface area (Å²) in [5, 5.41) is 12.9. The Morgan fingerprint density at radius 3 is 2.43 bits per heavy atom. The third kappa shape index (κ3) is 3.69. The molecule has 1 aromatic carbocycles. The first-order valence-electron chi connectivity index (χ1n) is 9.55. The van der Waals surface area contributed by atoms with Gasteiger partial charge in [-0.05, 0) is 61.0 Å². The van der Waals surface area contributed by atoms with E-state index in [1.807, 2.05) is 32.2 Å². The summed E-state index contributed by atoms with van der Waals surface area (Å²) in [6, 6.07) is 8.37. The van der Waals surface area contributed by atoms with Crippen molar-refractivity contribution < 1.29 is 19.4 Å². The maximum absolute atomic E-state index is 12.8. The maximum atomic E-state index is 12.8. The van der Waals surface area contributed by atoms with E-state index in [0.29, 0.717) is 24.5 Å². The number of Topliss-reactive ketones (excluding diaryl/α,β-unsaturated/α-hetero) is 1. The molecule has 0 aliphatic carbocycles. The van der Waals surface area contributed by atoms with Crippen LogP contribution in [0.15, 0.2) is 41.3 Å². The van der Waals surface area contributed by atoms with Crippen LogP contribution in [0.3, 0.4) is 0 Å². The zero-order valence-corrected chi connectivity index (χ0v) is 17.2. The number of nitrogens with zero attached hydrogens (tertiary/aromatic N) is 1. The second kappa shape index (κ2) is 8.61. The molecule has 0 spiro atoms. The molecule has 3 rings (SSSR count). The molecule has 1 saturated heterocycles. The first-order chi connectivity index (χ1) is 13.5. The molecule has 2 heterocycles.